The summed E-state index contributed by atoms with van der Waals surface area (Å²) in [7, 11) is 0. The van der Waals surface area contributed by atoms with Crippen molar-refractivity contribution >= 4 is 75.7 Å². The first-order valence-electron chi connectivity index (χ1n) is 10.9. The van der Waals surface area contributed by atoms with Gasteiger partial charge >= 0.3 is 11.9 Å². The Morgan fingerprint density at radius 1 is 1.21 bits per heavy atom. The Balaban J connectivity index is 1.80. The Labute approximate surface area is 218 Å². The van der Waals surface area contributed by atoms with Gasteiger partial charge in [0.15, 0.2) is 11.8 Å². The van der Waals surface area contributed by atoms with E-state index in [-0.39, 0.29) is 36.5 Å². The number of ether oxygens (including phenoxy) is 2. The van der Waals surface area contributed by atoms with Crippen LogP contribution in [0, 0.1) is 22.7 Å². The van der Waals surface area contributed by atoms with E-state index in [2.05, 4.69) is 0 Å². The van der Waals surface area contributed by atoms with E-state index in [4.69, 9.17) is 67.5 Å². The fraction of sp³-hybridized carbons (Fsp3) is 0.696. The van der Waals surface area contributed by atoms with Gasteiger partial charge in [0.05, 0.1) is 10.3 Å². The summed E-state index contributed by atoms with van der Waals surface area (Å²) >= 11 is 31.8. The smallest absolute Gasteiger partial charge is 0.352 e. The number of fused-ring (bicyclic) bond motifs is 5. The molecule has 0 aromatic carbocycles. The zero-order chi connectivity index (χ0) is 24.4. The molecule has 0 amide bonds. The average Bonchev–Trinajstić information content (AvgIpc) is 3.02. The molecular formula is C23H25Cl5O5. The first-order chi connectivity index (χ1) is 15.4. The van der Waals surface area contributed by atoms with Crippen molar-refractivity contribution in [3.05, 3.63) is 23.8 Å². The molecule has 7 atom stereocenters. The van der Waals surface area contributed by atoms with E-state index in [0.29, 0.717) is 19.3 Å². The van der Waals surface area contributed by atoms with Gasteiger partial charge < -0.3 is 9.47 Å². The maximum absolute atomic E-state index is 13.3. The number of hydrogen-bond acceptors (Lipinski definition) is 5. The van der Waals surface area contributed by atoms with Crippen LogP contribution in [0.5, 0.6) is 0 Å². The van der Waals surface area contributed by atoms with E-state index >= 15 is 0 Å². The normalized spacial score (nSPS) is 43.9. The summed E-state index contributed by atoms with van der Waals surface area (Å²) in [5.74, 6) is -1.92. The van der Waals surface area contributed by atoms with Gasteiger partial charge in [-0.25, -0.2) is 9.59 Å². The van der Waals surface area contributed by atoms with Gasteiger partial charge in [0.25, 0.3) is 0 Å². The fourth-order valence-electron chi connectivity index (χ4n) is 7.06. The molecule has 3 fully saturated rings. The molecule has 0 aromatic rings. The highest BCUT2D eigenvalue weighted by Crippen LogP contribution is 2.72. The maximum Gasteiger partial charge on any atom is 0.352 e. The topological polar surface area (TPSA) is 69.7 Å². The number of carbonyl (C=O) groups is 3. The monoisotopic (exact) mass is 556 g/mol. The zero-order valence-corrected chi connectivity index (χ0v) is 22.0. The number of allylic oxidation sites excluding steroid dienone is 4. The van der Waals surface area contributed by atoms with Crippen LogP contribution < -0.4 is 0 Å². The molecule has 0 saturated heterocycles. The summed E-state index contributed by atoms with van der Waals surface area (Å²) in [6.45, 7) is 3.92. The number of ketones is 1. The molecule has 0 aromatic heterocycles. The van der Waals surface area contributed by atoms with E-state index in [0.717, 1.165) is 5.57 Å². The van der Waals surface area contributed by atoms with Gasteiger partial charge in [0.1, 0.15) is 0 Å². The van der Waals surface area contributed by atoms with Gasteiger partial charge in [-0.2, -0.15) is 0 Å². The van der Waals surface area contributed by atoms with E-state index in [1.165, 1.54) is 0 Å². The van der Waals surface area contributed by atoms with Crippen LogP contribution in [0.3, 0.4) is 0 Å². The molecule has 10 heteroatoms. The number of rotatable bonds is 4. The second-order valence-electron chi connectivity index (χ2n) is 9.84. The molecule has 182 valence electrons. The van der Waals surface area contributed by atoms with Crippen LogP contribution in [-0.4, -0.2) is 44.5 Å². The van der Waals surface area contributed by atoms with Gasteiger partial charge in [-0.1, -0.05) is 60.3 Å². The lowest BCUT2D eigenvalue weighted by Crippen LogP contribution is -2.68. The number of carbonyl (C=O) groups excluding carboxylic acids is 3. The standard InChI is InChI=1S/C23H25Cl5O5/c1-20-7-5-13(29)9-12(20)3-4-15-14-6-8-22(19(31)32-11-24,33-18(30)17(26)27)21(14,2)10-16(25)23(15,20)28/h5,7,9,14-17H,3-4,6,8,10-11H2,1-2H3/t14-,15-,16-,20-,21-,22-,23-/m0/s1. The Hall–Kier alpha value is -0.460. The van der Waals surface area contributed by atoms with Crippen molar-refractivity contribution in [3.8, 4) is 0 Å². The van der Waals surface area contributed by atoms with Crippen LogP contribution in [0.1, 0.15) is 46.0 Å². The predicted octanol–water partition coefficient (Wildman–Crippen LogP) is 5.70. The van der Waals surface area contributed by atoms with Crippen molar-refractivity contribution < 1.29 is 23.9 Å². The van der Waals surface area contributed by atoms with Crippen molar-refractivity contribution in [2.45, 2.75) is 66.6 Å². The van der Waals surface area contributed by atoms with Crippen molar-refractivity contribution in [2.75, 3.05) is 6.07 Å². The van der Waals surface area contributed by atoms with E-state index in [9.17, 15) is 14.4 Å². The van der Waals surface area contributed by atoms with Gasteiger partial charge in [0.2, 0.25) is 10.4 Å². The summed E-state index contributed by atoms with van der Waals surface area (Å²) in [6.07, 6.45) is 7.53. The molecule has 33 heavy (non-hydrogen) atoms. The van der Waals surface area contributed by atoms with Crippen LogP contribution in [0.25, 0.3) is 0 Å². The predicted molar refractivity (Wildman–Crippen MR) is 128 cm³/mol. The molecule has 0 radical (unpaired) electrons. The van der Waals surface area contributed by atoms with Gasteiger partial charge in [-0.05, 0) is 56.1 Å². The van der Waals surface area contributed by atoms with E-state index in [1.807, 2.05) is 19.9 Å². The third-order valence-corrected chi connectivity index (χ3v) is 10.7. The third kappa shape index (κ3) is 3.43. The largest absolute Gasteiger partial charge is 0.446 e. The number of halogens is 5. The Morgan fingerprint density at radius 2 is 1.91 bits per heavy atom. The van der Waals surface area contributed by atoms with Gasteiger partial charge in [-0.3, -0.25) is 4.79 Å². The summed E-state index contributed by atoms with van der Waals surface area (Å²) < 4.78 is 10.9. The maximum atomic E-state index is 13.3. The molecule has 4 rings (SSSR count). The molecule has 4 aliphatic carbocycles. The molecule has 0 unspecified atom stereocenters. The van der Waals surface area contributed by atoms with Crippen molar-refractivity contribution in [1.82, 2.24) is 0 Å². The molecule has 0 heterocycles. The van der Waals surface area contributed by atoms with Crippen LogP contribution in [0.2, 0.25) is 0 Å². The van der Waals surface area contributed by atoms with Crippen LogP contribution in [0.4, 0.5) is 0 Å². The second-order valence-corrected chi connectivity index (χ2v) is 12.3. The SMILES string of the molecule is C[C@]12C=CC(=O)C=C1CC[C@H]1[C@@H]3CC[C@](OC(=O)C(Cl)Cl)(C(=O)OCCl)[C@@]3(C)C[C@H](Cl)[C@@]12Cl. The highest BCUT2D eigenvalue weighted by Gasteiger charge is 2.75. The summed E-state index contributed by atoms with van der Waals surface area (Å²) in [4.78, 5) is 35.4. The minimum atomic E-state index is -1.63. The molecular weight excluding hydrogens is 534 g/mol. The average molecular weight is 559 g/mol. The van der Waals surface area contributed by atoms with Crippen molar-refractivity contribution in [1.29, 1.82) is 0 Å². The van der Waals surface area contributed by atoms with Crippen LogP contribution >= 0.6 is 58.0 Å². The number of hydrogen-bond donors (Lipinski definition) is 0. The quantitative estimate of drug-likeness (QED) is 0.327. The zero-order valence-electron chi connectivity index (χ0n) is 18.2. The molecule has 0 spiro atoms. The van der Waals surface area contributed by atoms with Crippen LogP contribution in [0.15, 0.2) is 23.8 Å². The Morgan fingerprint density at radius 3 is 2.55 bits per heavy atom. The highest BCUT2D eigenvalue weighted by molar-refractivity contribution is 6.53. The fourth-order valence-corrected chi connectivity index (χ4v) is 8.48. The number of esters is 2. The minimum absolute atomic E-state index is 0.0553. The molecule has 0 aliphatic heterocycles. The number of alkyl halides is 5. The summed E-state index contributed by atoms with van der Waals surface area (Å²) in [5.41, 5.74) is -2.16. The van der Waals surface area contributed by atoms with E-state index in [1.54, 1.807) is 12.2 Å². The van der Waals surface area contributed by atoms with Crippen molar-refractivity contribution in [2.24, 2.45) is 22.7 Å². The Kier molecular flexibility index (Phi) is 6.67. The highest BCUT2D eigenvalue weighted by atomic mass is 35.5. The van der Waals surface area contributed by atoms with Gasteiger partial charge in [-0.15, -0.1) is 23.2 Å². The molecule has 5 nitrogen and oxygen atoms in total. The summed E-state index contributed by atoms with van der Waals surface area (Å²) in [5, 5.41) is -0.597. The lowest BCUT2D eigenvalue weighted by atomic mass is 9.46. The first-order valence-corrected chi connectivity index (χ1v) is 13.1. The molecule has 3 saturated carbocycles. The van der Waals surface area contributed by atoms with Crippen molar-refractivity contribution in [3.63, 3.8) is 0 Å². The molecule has 0 bridgehead atoms. The molecule has 4 aliphatic rings. The van der Waals surface area contributed by atoms with Crippen LogP contribution in [-0.2, 0) is 23.9 Å². The van der Waals surface area contributed by atoms with Gasteiger partial charge in [0, 0.05) is 10.8 Å². The Bertz CT molecular complexity index is 950. The first kappa shape index (κ1) is 25.6. The van der Waals surface area contributed by atoms with E-state index < -0.39 is 43.5 Å². The lowest BCUT2D eigenvalue weighted by Gasteiger charge is -2.63. The lowest BCUT2D eigenvalue weighted by molar-refractivity contribution is -0.201. The molecule has 0 N–H and O–H groups in total. The summed E-state index contributed by atoms with van der Waals surface area (Å²) in [6, 6.07) is -0.387. The third-order valence-electron chi connectivity index (χ3n) is 8.69. The second kappa shape index (κ2) is 8.58. The minimum Gasteiger partial charge on any atom is -0.446 e.